The van der Waals surface area contributed by atoms with Crippen molar-refractivity contribution in [2.45, 2.75) is 25.5 Å². The maximum atomic E-state index is 13.1. The van der Waals surface area contributed by atoms with E-state index in [0.717, 1.165) is 5.01 Å². The fourth-order valence-corrected chi connectivity index (χ4v) is 3.04. The second kappa shape index (κ2) is 7.16. The molecule has 140 valence electrons. The molecule has 0 aromatic heterocycles. The van der Waals surface area contributed by atoms with E-state index in [4.69, 9.17) is 4.74 Å². The third kappa shape index (κ3) is 3.26. The first-order valence-electron chi connectivity index (χ1n) is 8.42. The highest BCUT2D eigenvalue weighted by atomic mass is 16.6. The van der Waals surface area contributed by atoms with Gasteiger partial charge in [-0.15, -0.1) is 0 Å². The van der Waals surface area contributed by atoms with Crippen molar-refractivity contribution < 1.29 is 19.6 Å². The number of benzene rings is 2. The smallest absolute Gasteiger partial charge is 0.283 e. The minimum Gasteiger partial charge on any atom is -0.497 e. The van der Waals surface area contributed by atoms with Crippen LogP contribution in [-0.4, -0.2) is 33.8 Å². The van der Waals surface area contributed by atoms with E-state index in [9.17, 15) is 20.0 Å². The molecule has 0 unspecified atom stereocenters. The van der Waals surface area contributed by atoms with Crippen molar-refractivity contribution in [3.05, 3.63) is 69.8 Å². The Morgan fingerprint density at radius 3 is 2.56 bits per heavy atom. The normalized spacial score (nSPS) is 18.9. The molecule has 1 amide bonds. The average Bonchev–Trinajstić information content (AvgIpc) is 3.05. The molecule has 0 saturated heterocycles. The Bertz CT molecular complexity index is 910. The SMILES string of the molecule is CCC1=NN(C(=O)c2ccccc2[N+](=O)[O-])[C@](O)(c2ccc(OC)cc2)C1. The summed E-state index contributed by atoms with van der Waals surface area (Å²) in [5.74, 6) is -0.127. The van der Waals surface area contributed by atoms with Crippen molar-refractivity contribution >= 4 is 17.3 Å². The average molecular weight is 369 g/mol. The highest BCUT2D eigenvalue weighted by Gasteiger charge is 2.46. The Labute approximate surface area is 155 Å². The van der Waals surface area contributed by atoms with Gasteiger partial charge < -0.3 is 9.84 Å². The molecule has 0 saturated carbocycles. The number of methoxy groups -OCH3 is 1. The monoisotopic (exact) mass is 369 g/mol. The molecule has 2 aromatic carbocycles. The quantitative estimate of drug-likeness (QED) is 0.644. The zero-order valence-electron chi connectivity index (χ0n) is 15.0. The number of ether oxygens (including phenoxy) is 1. The van der Waals surface area contributed by atoms with Gasteiger partial charge in [-0.05, 0) is 24.6 Å². The van der Waals surface area contributed by atoms with Gasteiger partial charge in [-0.2, -0.15) is 10.1 Å². The number of carbonyl (C=O) groups is 1. The Kier molecular flexibility index (Phi) is 4.91. The van der Waals surface area contributed by atoms with Gasteiger partial charge in [0.05, 0.1) is 12.0 Å². The number of nitro benzene ring substituents is 1. The summed E-state index contributed by atoms with van der Waals surface area (Å²) in [6, 6.07) is 12.3. The number of hydrogen-bond donors (Lipinski definition) is 1. The van der Waals surface area contributed by atoms with Gasteiger partial charge in [0.15, 0.2) is 5.72 Å². The molecule has 1 atom stereocenters. The maximum Gasteiger partial charge on any atom is 0.283 e. The second-order valence-electron chi connectivity index (χ2n) is 6.13. The molecule has 1 aliphatic heterocycles. The molecular formula is C19H19N3O5. The molecule has 1 N–H and O–H groups in total. The molecule has 0 aliphatic carbocycles. The lowest BCUT2D eigenvalue weighted by atomic mass is 9.96. The van der Waals surface area contributed by atoms with Crippen LogP contribution in [0.5, 0.6) is 5.75 Å². The Morgan fingerprint density at radius 1 is 1.30 bits per heavy atom. The number of hydrogen-bond acceptors (Lipinski definition) is 6. The van der Waals surface area contributed by atoms with Gasteiger partial charge in [0.1, 0.15) is 11.3 Å². The minimum atomic E-state index is -1.72. The van der Waals surface area contributed by atoms with Crippen molar-refractivity contribution in [3.8, 4) is 5.75 Å². The third-order valence-corrected chi connectivity index (χ3v) is 4.53. The number of rotatable bonds is 5. The van der Waals surface area contributed by atoms with Crippen molar-refractivity contribution in [2.75, 3.05) is 7.11 Å². The van der Waals surface area contributed by atoms with Gasteiger partial charge in [-0.1, -0.05) is 31.2 Å². The summed E-state index contributed by atoms with van der Waals surface area (Å²) in [6.45, 7) is 1.87. The molecule has 1 heterocycles. The molecule has 8 heteroatoms. The molecule has 0 bridgehead atoms. The zero-order valence-corrected chi connectivity index (χ0v) is 15.0. The Morgan fingerprint density at radius 2 is 1.96 bits per heavy atom. The molecule has 3 rings (SSSR count). The van der Waals surface area contributed by atoms with E-state index in [-0.39, 0.29) is 17.7 Å². The van der Waals surface area contributed by atoms with Crippen molar-refractivity contribution in [2.24, 2.45) is 5.10 Å². The lowest BCUT2D eigenvalue weighted by Gasteiger charge is -2.31. The highest BCUT2D eigenvalue weighted by molar-refractivity contribution is 6.01. The number of nitrogens with zero attached hydrogens (tertiary/aromatic N) is 3. The Balaban J connectivity index is 2.06. The number of amides is 1. The zero-order chi connectivity index (χ0) is 19.6. The summed E-state index contributed by atoms with van der Waals surface area (Å²) in [5.41, 5.74) is -1.11. The standard InChI is InChI=1S/C19H19N3O5/c1-3-14-12-19(24,13-8-10-15(27-2)11-9-13)21(20-14)18(23)16-6-4-5-7-17(16)22(25)26/h4-11,24H,3,12H2,1-2H3/t19-/m1/s1. The van der Waals surface area contributed by atoms with Crippen LogP contribution in [0, 0.1) is 10.1 Å². The van der Waals surface area contributed by atoms with Crippen LogP contribution in [0.2, 0.25) is 0 Å². The van der Waals surface area contributed by atoms with E-state index >= 15 is 0 Å². The summed E-state index contributed by atoms with van der Waals surface area (Å²) in [7, 11) is 1.53. The predicted molar refractivity (Wildman–Crippen MR) is 98.5 cm³/mol. The van der Waals surface area contributed by atoms with Crippen LogP contribution in [0.3, 0.4) is 0 Å². The van der Waals surface area contributed by atoms with Gasteiger partial charge in [0, 0.05) is 23.8 Å². The van der Waals surface area contributed by atoms with E-state index in [1.54, 1.807) is 24.3 Å². The molecule has 2 aromatic rings. The summed E-state index contributed by atoms with van der Waals surface area (Å²) < 4.78 is 5.13. The van der Waals surface area contributed by atoms with Crippen LogP contribution < -0.4 is 4.74 Å². The van der Waals surface area contributed by atoms with Gasteiger partial charge in [0.2, 0.25) is 0 Å². The molecule has 8 nitrogen and oxygen atoms in total. The first-order valence-corrected chi connectivity index (χ1v) is 8.42. The topological polar surface area (TPSA) is 105 Å². The van der Waals surface area contributed by atoms with Crippen LogP contribution in [0.15, 0.2) is 53.6 Å². The van der Waals surface area contributed by atoms with Crippen LogP contribution in [0.1, 0.15) is 35.7 Å². The maximum absolute atomic E-state index is 13.1. The van der Waals surface area contributed by atoms with E-state index in [0.29, 0.717) is 23.4 Å². The van der Waals surface area contributed by atoms with Crippen LogP contribution in [-0.2, 0) is 5.72 Å². The highest BCUT2D eigenvalue weighted by Crippen LogP contribution is 2.38. The number of aliphatic hydroxyl groups is 1. The van der Waals surface area contributed by atoms with Gasteiger partial charge >= 0.3 is 0 Å². The van der Waals surface area contributed by atoms with Crippen LogP contribution >= 0.6 is 0 Å². The van der Waals surface area contributed by atoms with Crippen molar-refractivity contribution in [1.82, 2.24) is 5.01 Å². The van der Waals surface area contributed by atoms with Crippen molar-refractivity contribution in [3.63, 3.8) is 0 Å². The summed E-state index contributed by atoms with van der Waals surface area (Å²) in [6.07, 6.45) is 0.668. The number of carbonyl (C=O) groups excluding carboxylic acids is 1. The second-order valence-corrected chi connectivity index (χ2v) is 6.13. The number of para-hydroxylation sites is 1. The molecule has 0 radical (unpaired) electrons. The fourth-order valence-electron chi connectivity index (χ4n) is 3.04. The molecule has 27 heavy (non-hydrogen) atoms. The predicted octanol–water partition coefficient (Wildman–Crippen LogP) is 3.06. The van der Waals surface area contributed by atoms with E-state index in [1.165, 1.54) is 31.4 Å². The first-order chi connectivity index (χ1) is 12.9. The first kappa shape index (κ1) is 18.5. The summed E-state index contributed by atoms with van der Waals surface area (Å²) in [4.78, 5) is 23.7. The third-order valence-electron chi connectivity index (χ3n) is 4.53. The van der Waals surface area contributed by atoms with Crippen molar-refractivity contribution in [1.29, 1.82) is 0 Å². The lowest BCUT2D eigenvalue weighted by molar-refractivity contribution is -0.385. The van der Waals surface area contributed by atoms with Gasteiger partial charge in [0.25, 0.3) is 11.6 Å². The van der Waals surface area contributed by atoms with E-state index in [2.05, 4.69) is 5.10 Å². The lowest BCUT2D eigenvalue weighted by Crippen LogP contribution is -2.43. The largest absolute Gasteiger partial charge is 0.497 e. The molecule has 1 aliphatic rings. The Hall–Kier alpha value is -3.26. The van der Waals surface area contributed by atoms with Crippen LogP contribution in [0.25, 0.3) is 0 Å². The van der Waals surface area contributed by atoms with E-state index in [1.807, 2.05) is 6.92 Å². The number of hydrazone groups is 1. The van der Waals surface area contributed by atoms with Gasteiger partial charge in [-0.3, -0.25) is 14.9 Å². The van der Waals surface area contributed by atoms with E-state index < -0.39 is 16.6 Å². The van der Waals surface area contributed by atoms with Gasteiger partial charge in [-0.25, -0.2) is 0 Å². The van der Waals surface area contributed by atoms with Crippen LogP contribution in [0.4, 0.5) is 5.69 Å². The summed E-state index contributed by atoms with van der Waals surface area (Å²) in [5, 5.41) is 27.8. The summed E-state index contributed by atoms with van der Waals surface area (Å²) >= 11 is 0. The number of nitro groups is 1. The molecule has 0 fully saturated rings. The minimum absolute atomic E-state index is 0.127. The fraction of sp³-hybridized carbons (Fsp3) is 0.263. The molecule has 0 spiro atoms. The molecular weight excluding hydrogens is 350 g/mol.